The maximum absolute atomic E-state index is 14.9. The number of benzene rings is 2. The van der Waals surface area contributed by atoms with Gasteiger partial charge in [-0.05, 0) is 66.8 Å². The van der Waals surface area contributed by atoms with Crippen molar-refractivity contribution in [3.05, 3.63) is 53.3 Å². The topological polar surface area (TPSA) is 94.0 Å². The van der Waals surface area contributed by atoms with Gasteiger partial charge >= 0.3 is 0 Å². The normalized spacial score (nSPS) is 21.2. The molecule has 4 rings (SSSR count). The predicted molar refractivity (Wildman–Crippen MR) is 125 cm³/mol. The number of halogens is 1. The van der Waals surface area contributed by atoms with Gasteiger partial charge in [-0.25, -0.2) is 4.39 Å². The van der Waals surface area contributed by atoms with Crippen molar-refractivity contribution < 1.29 is 14.0 Å². The van der Waals surface area contributed by atoms with Gasteiger partial charge in [-0.15, -0.1) is 0 Å². The Morgan fingerprint density at radius 2 is 2.00 bits per heavy atom. The van der Waals surface area contributed by atoms with Crippen LogP contribution in [-0.2, 0) is 16.0 Å². The van der Waals surface area contributed by atoms with Crippen molar-refractivity contribution in [3.8, 4) is 17.2 Å². The van der Waals surface area contributed by atoms with Crippen LogP contribution in [0.4, 0.5) is 10.1 Å². The summed E-state index contributed by atoms with van der Waals surface area (Å²) in [5.74, 6) is -1.02. The number of carbonyl (C=O) groups is 2. The number of carbonyl (C=O) groups excluding carboxylic acids is 2. The first-order chi connectivity index (χ1) is 16.0. The number of hydrogen-bond donors (Lipinski definition) is 3. The van der Waals surface area contributed by atoms with E-state index in [0.717, 1.165) is 49.0 Å². The Bertz CT molecular complexity index is 1090. The Morgan fingerprint density at radius 3 is 2.79 bits per heavy atom. The molecular formula is C26H29FN4O2. The van der Waals surface area contributed by atoms with Gasteiger partial charge in [-0.2, -0.15) is 5.26 Å². The minimum absolute atomic E-state index is 0.0385. The van der Waals surface area contributed by atoms with Crippen molar-refractivity contribution in [2.45, 2.75) is 51.0 Å². The highest BCUT2D eigenvalue weighted by Crippen LogP contribution is 2.35. The molecule has 3 N–H and O–H groups in total. The first kappa shape index (κ1) is 22.9. The largest absolute Gasteiger partial charge is 0.340 e. The second kappa shape index (κ2) is 10.1. The number of nitrogens with zero attached hydrogens (tertiary/aromatic N) is 1. The van der Waals surface area contributed by atoms with E-state index in [2.05, 4.69) is 22.0 Å². The van der Waals surface area contributed by atoms with Crippen LogP contribution in [0.2, 0.25) is 0 Å². The lowest BCUT2D eigenvalue weighted by Crippen LogP contribution is -2.43. The molecule has 1 unspecified atom stereocenters. The van der Waals surface area contributed by atoms with Crippen LogP contribution in [0.15, 0.2) is 36.4 Å². The molecule has 1 saturated heterocycles. The summed E-state index contributed by atoms with van der Waals surface area (Å²) < 4.78 is 14.9. The van der Waals surface area contributed by atoms with Crippen LogP contribution < -0.4 is 16.0 Å². The molecule has 3 atom stereocenters. The van der Waals surface area contributed by atoms with Crippen LogP contribution in [0, 0.1) is 23.1 Å². The third-order valence-electron chi connectivity index (χ3n) is 6.62. The molecule has 0 saturated carbocycles. The summed E-state index contributed by atoms with van der Waals surface area (Å²) in [5, 5.41) is 18.5. The van der Waals surface area contributed by atoms with E-state index in [1.807, 2.05) is 31.2 Å². The summed E-state index contributed by atoms with van der Waals surface area (Å²) in [7, 11) is 0. The number of hydrogen-bond acceptors (Lipinski definition) is 4. The number of rotatable bonds is 5. The maximum Gasteiger partial charge on any atom is 0.231 e. The van der Waals surface area contributed by atoms with E-state index >= 15 is 0 Å². The van der Waals surface area contributed by atoms with E-state index in [1.54, 1.807) is 6.07 Å². The number of amides is 2. The quantitative estimate of drug-likeness (QED) is 0.647. The van der Waals surface area contributed by atoms with Crippen molar-refractivity contribution in [2.24, 2.45) is 5.92 Å². The summed E-state index contributed by atoms with van der Waals surface area (Å²) in [6.07, 6.45) is 4.10. The van der Waals surface area contributed by atoms with E-state index in [-0.39, 0.29) is 30.1 Å². The van der Waals surface area contributed by atoms with Crippen molar-refractivity contribution in [1.29, 1.82) is 5.26 Å². The molecule has 2 heterocycles. The number of fused-ring (bicyclic) bond motifs is 1. The fourth-order valence-corrected chi connectivity index (χ4v) is 4.55. The minimum atomic E-state index is -0.791. The van der Waals surface area contributed by atoms with Gasteiger partial charge in [0.1, 0.15) is 11.9 Å². The fourth-order valence-electron chi connectivity index (χ4n) is 4.55. The van der Waals surface area contributed by atoms with E-state index in [0.29, 0.717) is 17.7 Å². The Balaban J connectivity index is 1.44. The zero-order valence-corrected chi connectivity index (χ0v) is 18.8. The Labute approximate surface area is 193 Å². The predicted octanol–water partition coefficient (Wildman–Crippen LogP) is 3.88. The SMILES string of the molecule is CC1C(=O)Nc2ccc(-c3ccc(C[C@@H](C#N)NC(=O)[C@@H]4CCCCCNC4)c(F)c3)cc21. The summed E-state index contributed by atoms with van der Waals surface area (Å²) in [5.41, 5.74) is 3.60. The molecule has 0 aromatic heterocycles. The molecule has 2 amide bonds. The second-order valence-electron chi connectivity index (χ2n) is 8.96. The summed E-state index contributed by atoms with van der Waals surface area (Å²) in [4.78, 5) is 24.6. The summed E-state index contributed by atoms with van der Waals surface area (Å²) in [6, 6.07) is 11.8. The molecule has 0 aliphatic carbocycles. The zero-order valence-electron chi connectivity index (χ0n) is 18.8. The standard InChI is InChI=1S/C26H29FN4O2/c1-16-22-12-17(8-9-24(22)31-25(16)32)18-6-7-19(23(27)13-18)11-21(14-28)30-26(33)20-5-3-2-4-10-29-15-20/h6-9,12-13,16,20-21,29H,2-5,10-11,15H2,1H3,(H,30,33)(H,31,32)/t16?,20-,21+/m1/s1. The number of nitrogens with one attached hydrogen (secondary N) is 3. The zero-order chi connectivity index (χ0) is 23.4. The molecule has 0 radical (unpaired) electrons. The summed E-state index contributed by atoms with van der Waals surface area (Å²) >= 11 is 0. The smallest absolute Gasteiger partial charge is 0.231 e. The van der Waals surface area contributed by atoms with Crippen LogP contribution >= 0.6 is 0 Å². The molecule has 2 aromatic carbocycles. The van der Waals surface area contributed by atoms with Gasteiger partial charge in [0.05, 0.1) is 17.9 Å². The first-order valence-electron chi connectivity index (χ1n) is 11.6. The van der Waals surface area contributed by atoms with Crippen LogP contribution in [-0.4, -0.2) is 30.9 Å². The Morgan fingerprint density at radius 1 is 1.21 bits per heavy atom. The Hall–Kier alpha value is -3.24. The van der Waals surface area contributed by atoms with Crippen molar-refractivity contribution in [1.82, 2.24) is 10.6 Å². The fraction of sp³-hybridized carbons (Fsp3) is 0.423. The molecule has 2 aliphatic rings. The van der Waals surface area contributed by atoms with E-state index in [9.17, 15) is 19.2 Å². The molecule has 0 spiro atoms. The molecule has 2 aliphatic heterocycles. The average Bonchev–Trinajstić information content (AvgIpc) is 3.07. The average molecular weight is 449 g/mol. The van der Waals surface area contributed by atoms with Gasteiger partial charge in [-0.3, -0.25) is 9.59 Å². The highest BCUT2D eigenvalue weighted by Gasteiger charge is 2.27. The molecule has 1 fully saturated rings. The summed E-state index contributed by atoms with van der Waals surface area (Å²) in [6.45, 7) is 3.35. The van der Waals surface area contributed by atoms with E-state index in [4.69, 9.17) is 0 Å². The van der Waals surface area contributed by atoms with E-state index < -0.39 is 11.9 Å². The van der Waals surface area contributed by atoms with Crippen molar-refractivity contribution in [2.75, 3.05) is 18.4 Å². The Kier molecular flexibility index (Phi) is 7.05. The lowest BCUT2D eigenvalue weighted by atomic mass is 9.95. The van der Waals surface area contributed by atoms with Gasteiger partial charge in [0.2, 0.25) is 11.8 Å². The lowest BCUT2D eigenvalue weighted by molar-refractivity contribution is -0.125. The van der Waals surface area contributed by atoms with E-state index in [1.165, 1.54) is 6.07 Å². The van der Waals surface area contributed by atoms with Crippen LogP contribution in [0.25, 0.3) is 11.1 Å². The van der Waals surface area contributed by atoms with Crippen molar-refractivity contribution in [3.63, 3.8) is 0 Å². The molecular weight excluding hydrogens is 419 g/mol. The lowest BCUT2D eigenvalue weighted by Gasteiger charge is -2.21. The molecule has 33 heavy (non-hydrogen) atoms. The van der Waals surface area contributed by atoms with Gasteiger partial charge in [-0.1, -0.05) is 31.0 Å². The number of anilines is 1. The third-order valence-corrected chi connectivity index (χ3v) is 6.62. The monoisotopic (exact) mass is 448 g/mol. The molecule has 0 bridgehead atoms. The molecule has 7 heteroatoms. The first-order valence-corrected chi connectivity index (χ1v) is 11.6. The van der Waals surface area contributed by atoms with Gasteiger partial charge in [0, 0.05) is 18.7 Å². The highest BCUT2D eigenvalue weighted by atomic mass is 19.1. The number of nitriles is 1. The van der Waals surface area contributed by atoms with Gasteiger partial charge in [0.15, 0.2) is 0 Å². The second-order valence-corrected chi connectivity index (χ2v) is 8.96. The molecule has 2 aromatic rings. The van der Waals surface area contributed by atoms with Crippen LogP contribution in [0.1, 0.15) is 49.7 Å². The third kappa shape index (κ3) is 5.23. The molecule has 6 nitrogen and oxygen atoms in total. The highest BCUT2D eigenvalue weighted by molar-refractivity contribution is 6.03. The maximum atomic E-state index is 14.9. The minimum Gasteiger partial charge on any atom is -0.340 e. The van der Waals surface area contributed by atoms with Crippen LogP contribution in [0.5, 0.6) is 0 Å². The van der Waals surface area contributed by atoms with Crippen molar-refractivity contribution >= 4 is 17.5 Å². The van der Waals surface area contributed by atoms with Gasteiger partial charge in [0.25, 0.3) is 0 Å². The van der Waals surface area contributed by atoms with Gasteiger partial charge < -0.3 is 16.0 Å². The van der Waals surface area contributed by atoms with Crippen LogP contribution in [0.3, 0.4) is 0 Å². The molecule has 172 valence electrons.